The Morgan fingerprint density at radius 3 is 1.23 bits per heavy atom. The number of rotatable bonds is 9. The van der Waals surface area contributed by atoms with Crippen molar-refractivity contribution in [3.8, 4) is 0 Å². The van der Waals surface area contributed by atoms with Crippen LogP contribution in [0.4, 0.5) is 0 Å². The van der Waals surface area contributed by atoms with Gasteiger partial charge in [-0.1, -0.05) is 84.9 Å². The van der Waals surface area contributed by atoms with Gasteiger partial charge in [0.25, 0.3) is 0 Å². The van der Waals surface area contributed by atoms with E-state index in [1.807, 2.05) is 0 Å². The molecule has 0 aliphatic carbocycles. The van der Waals surface area contributed by atoms with Crippen LogP contribution in [0.3, 0.4) is 0 Å². The van der Waals surface area contributed by atoms with Crippen LogP contribution in [0.25, 0.3) is 0 Å². The maximum absolute atomic E-state index is 2.34. The minimum atomic E-state index is -1.67. The molecule has 0 aliphatic rings. The number of halogens is 1. The first kappa shape index (κ1) is 23.5. The van der Waals surface area contributed by atoms with E-state index in [0.29, 0.717) is 0 Å². The van der Waals surface area contributed by atoms with Gasteiger partial charge in [0.1, 0.15) is 23.2 Å². The van der Waals surface area contributed by atoms with E-state index in [0.717, 1.165) is 0 Å². The topological polar surface area (TPSA) is 0 Å². The summed E-state index contributed by atoms with van der Waals surface area (Å²) in [7, 11) is -1.67. The highest BCUT2D eigenvalue weighted by molar-refractivity contribution is 7.95. The second kappa shape index (κ2) is 12.0. The molecule has 0 nitrogen and oxygen atoms in total. The lowest BCUT2D eigenvalue weighted by Crippen LogP contribution is -3.00. The van der Waals surface area contributed by atoms with Crippen molar-refractivity contribution in [3.05, 3.63) is 127 Å². The maximum Gasteiger partial charge on any atom is 0.112 e. The van der Waals surface area contributed by atoms with Gasteiger partial charge in [0.15, 0.2) is 0 Å². The van der Waals surface area contributed by atoms with E-state index in [2.05, 4.69) is 121 Å². The van der Waals surface area contributed by atoms with Crippen LogP contribution in [0.1, 0.15) is 24.8 Å². The molecule has 0 atom stereocenters. The quantitative estimate of drug-likeness (QED) is 0.250. The standard InChI is InChI=1S/C29H30P.BrH/c1-6-16-26(17-7-1)18-8-5-15-25-30(27-19-9-2-10-20-27,28-21-11-3-12-22-28)29-23-13-4-14-24-29;/h1-4,6-7,9-14,16-17,19-24H,5,8,15,18,25H2;1H/q+1;/p-1. The average Bonchev–Trinajstić information content (AvgIpc) is 2.84. The Kier molecular flexibility index (Phi) is 9.07. The predicted molar refractivity (Wildman–Crippen MR) is 134 cm³/mol. The molecule has 4 rings (SSSR count). The van der Waals surface area contributed by atoms with Crippen LogP contribution in [0.15, 0.2) is 121 Å². The zero-order chi connectivity index (χ0) is 20.5. The van der Waals surface area contributed by atoms with Gasteiger partial charge in [0, 0.05) is 0 Å². The fraction of sp³-hybridized carbons (Fsp3) is 0.172. The Labute approximate surface area is 198 Å². The summed E-state index contributed by atoms with van der Waals surface area (Å²) in [6.45, 7) is 0. The maximum atomic E-state index is 2.34. The molecule has 0 saturated carbocycles. The summed E-state index contributed by atoms with van der Waals surface area (Å²) in [6, 6.07) is 44.5. The summed E-state index contributed by atoms with van der Waals surface area (Å²) >= 11 is 0. The lowest BCUT2D eigenvalue weighted by molar-refractivity contribution is -0.00000587. The van der Waals surface area contributed by atoms with Gasteiger partial charge in [-0.15, -0.1) is 0 Å². The van der Waals surface area contributed by atoms with Gasteiger partial charge < -0.3 is 17.0 Å². The Balaban J connectivity index is 0.00000272. The smallest absolute Gasteiger partial charge is 0.112 e. The Hall–Kier alpha value is -2.21. The minimum Gasteiger partial charge on any atom is -1.00 e. The van der Waals surface area contributed by atoms with Crippen molar-refractivity contribution in [3.63, 3.8) is 0 Å². The molecule has 0 bridgehead atoms. The van der Waals surface area contributed by atoms with Crippen LogP contribution in [-0.2, 0) is 6.42 Å². The van der Waals surface area contributed by atoms with Gasteiger partial charge in [-0.25, -0.2) is 0 Å². The third-order valence-corrected chi connectivity index (χ3v) is 10.4. The van der Waals surface area contributed by atoms with Crippen LogP contribution in [0.5, 0.6) is 0 Å². The second-order valence-corrected chi connectivity index (χ2v) is 11.5. The second-order valence-electron chi connectivity index (χ2n) is 7.84. The Morgan fingerprint density at radius 1 is 0.419 bits per heavy atom. The normalized spacial score (nSPS) is 11.0. The molecule has 0 amide bonds. The van der Waals surface area contributed by atoms with E-state index < -0.39 is 7.26 Å². The molecule has 2 heteroatoms. The first-order valence-electron chi connectivity index (χ1n) is 11.0. The van der Waals surface area contributed by atoms with Crippen LogP contribution in [0.2, 0.25) is 0 Å². The predicted octanol–water partition coefficient (Wildman–Crippen LogP) is 3.40. The summed E-state index contributed by atoms with van der Waals surface area (Å²) < 4.78 is 0. The molecule has 4 aromatic rings. The summed E-state index contributed by atoms with van der Waals surface area (Å²) in [5.74, 6) is 0. The number of benzene rings is 4. The van der Waals surface area contributed by atoms with E-state index >= 15 is 0 Å². The van der Waals surface area contributed by atoms with Gasteiger partial charge in [-0.05, 0) is 67.6 Å². The number of hydrogen-bond donors (Lipinski definition) is 0. The van der Waals surface area contributed by atoms with Gasteiger partial charge >= 0.3 is 0 Å². The number of aryl methyl sites for hydroxylation is 1. The number of unbranched alkanes of at least 4 members (excludes halogenated alkanes) is 2. The highest BCUT2D eigenvalue weighted by atomic mass is 79.9. The van der Waals surface area contributed by atoms with Crippen LogP contribution >= 0.6 is 7.26 Å². The zero-order valence-electron chi connectivity index (χ0n) is 17.9. The monoisotopic (exact) mass is 488 g/mol. The SMILES string of the molecule is [Br-].c1ccc(CCCCC[P+](c2ccccc2)(c2ccccc2)c2ccccc2)cc1. The molecule has 4 aromatic carbocycles. The van der Waals surface area contributed by atoms with Gasteiger partial charge in [-0.2, -0.15) is 0 Å². The van der Waals surface area contributed by atoms with Crippen LogP contribution in [0, 0.1) is 0 Å². The van der Waals surface area contributed by atoms with Crippen molar-refractivity contribution in [2.75, 3.05) is 6.16 Å². The largest absolute Gasteiger partial charge is 1.00 e. The van der Waals surface area contributed by atoms with E-state index in [4.69, 9.17) is 0 Å². The molecule has 31 heavy (non-hydrogen) atoms. The molecular weight excluding hydrogens is 459 g/mol. The average molecular weight is 489 g/mol. The molecule has 0 aliphatic heterocycles. The van der Waals surface area contributed by atoms with Crippen molar-refractivity contribution in [1.29, 1.82) is 0 Å². The third kappa shape index (κ3) is 5.73. The molecule has 158 valence electrons. The lowest BCUT2D eigenvalue weighted by atomic mass is 10.1. The third-order valence-electron chi connectivity index (χ3n) is 5.89. The van der Waals surface area contributed by atoms with Gasteiger partial charge in [0.05, 0.1) is 6.16 Å². The van der Waals surface area contributed by atoms with E-state index in [1.165, 1.54) is 53.3 Å². The molecular formula is C29H30BrP. The summed E-state index contributed by atoms with van der Waals surface area (Å²) in [6.07, 6.45) is 6.17. The van der Waals surface area contributed by atoms with Gasteiger partial charge in [0.2, 0.25) is 0 Å². The van der Waals surface area contributed by atoms with Crippen molar-refractivity contribution < 1.29 is 17.0 Å². The van der Waals surface area contributed by atoms with Crippen molar-refractivity contribution in [1.82, 2.24) is 0 Å². The zero-order valence-corrected chi connectivity index (χ0v) is 20.4. The molecule has 0 fully saturated rings. The summed E-state index contributed by atoms with van der Waals surface area (Å²) in [5, 5.41) is 4.47. The molecule has 0 N–H and O–H groups in total. The highest BCUT2D eigenvalue weighted by Crippen LogP contribution is 2.55. The molecule has 0 aromatic heterocycles. The van der Waals surface area contributed by atoms with Crippen LogP contribution in [-0.4, -0.2) is 6.16 Å². The molecule has 0 radical (unpaired) electrons. The first-order valence-corrected chi connectivity index (χ1v) is 13.0. The molecule has 0 heterocycles. The van der Waals surface area contributed by atoms with Crippen molar-refractivity contribution in [2.45, 2.75) is 25.7 Å². The highest BCUT2D eigenvalue weighted by Gasteiger charge is 2.44. The summed E-state index contributed by atoms with van der Waals surface area (Å²) in [5.41, 5.74) is 1.45. The Morgan fingerprint density at radius 2 is 0.806 bits per heavy atom. The van der Waals surface area contributed by atoms with Crippen LogP contribution < -0.4 is 32.9 Å². The first-order chi connectivity index (χ1) is 14.9. The molecule has 0 unspecified atom stereocenters. The van der Waals surface area contributed by atoms with Gasteiger partial charge in [-0.3, -0.25) is 0 Å². The minimum absolute atomic E-state index is 0. The number of hydrogen-bond acceptors (Lipinski definition) is 0. The lowest BCUT2D eigenvalue weighted by Gasteiger charge is -2.27. The fourth-order valence-corrected chi connectivity index (χ4v) is 8.79. The van der Waals surface area contributed by atoms with Crippen molar-refractivity contribution >= 4 is 23.2 Å². The van der Waals surface area contributed by atoms with E-state index in [1.54, 1.807) is 0 Å². The molecule has 0 saturated heterocycles. The molecule has 0 spiro atoms. The van der Waals surface area contributed by atoms with E-state index in [9.17, 15) is 0 Å². The summed E-state index contributed by atoms with van der Waals surface area (Å²) in [4.78, 5) is 0. The Bertz CT molecular complexity index is 905. The van der Waals surface area contributed by atoms with E-state index in [-0.39, 0.29) is 17.0 Å². The van der Waals surface area contributed by atoms with Crippen molar-refractivity contribution in [2.24, 2.45) is 0 Å². The fourth-order valence-electron chi connectivity index (χ4n) is 4.38.